The fourth-order valence-electron chi connectivity index (χ4n) is 4.70. The Labute approximate surface area is 291 Å². The van der Waals surface area contributed by atoms with Gasteiger partial charge in [0, 0.05) is 38.8 Å². The van der Waals surface area contributed by atoms with Crippen LogP contribution in [0.4, 0.5) is 0 Å². The Morgan fingerprint density at radius 1 is 0.490 bits per heavy atom. The van der Waals surface area contributed by atoms with Crippen LogP contribution >= 0.6 is 0 Å². The molecule has 0 bridgehead atoms. The molecule has 14 heteroatoms. The number of ether oxygens (including phenoxy) is 6. The van der Waals surface area contributed by atoms with Crippen LogP contribution in [0.3, 0.4) is 0 Å². The summed E-state index contributed by atoms with van der Waals surface area (Å²) in [6, 6.07) is 0. The topological polar surface area (TPSA) is 178 Å². The molecule has 0 rings (SSSR count). The molecule has 0 fully saturated rings. The highest BCUT2D eigenvalue weighted by molar-refractivity contribution is 5.71. The lowest BCUT2D eigenvalue weighted by Gasteiger charge is -2.19. The Hall–Kier alpha value is -3.71. The van der Waals surface area contributed by atoms with Crippen molar-refractivity contribution in [3.63, 3.8) is 0 Å². The molecule has 0 saturated heterocycles. The first-order valence-electron chi connectivity index (χ1n) is 17.8. The summed E-state index contributed by atoms with van der Waals surface area (Å²) < 4.78 is 30.4. The van der Waals surface area contributed by atoms with Gasteiger partial charge in [0.1, 0.15) is 26.4 Å². The predicted molar refractivity (Wildman–Crippen MR) is 178 cm³/mol. The van der Waals surface area contributed by atoms with Gasteiger partial charge in [-0.05, 0) is 25.7 Å². The molecule has 282 valence electrons. The lowest BCUT2D eigenvalue weighted by molar-refractivity contribution is -0.164. The molecule has 14 nitrogen and oxygen atoms in total. The summed E-state index contributed by atoms with van der Waals surface area (Å²) in [5.41, 5.74) is 0. The quantitative estimate of drug-likeness (QED) is 0.0383. The molecule has 0 radical (unpaired) electrons. The summed E-state index contributed by atoms with van der Waals surface area (Å²) >= 11 is 0. The van der Waals surface area contributed by atoms with Crippen molar-refractivity contribution in [3.8, 4) is 0 Å². The molecule has 2 unspecified atom stereocenters. The Bertz CT molecular complexity index is 846. The van der Waals surface area contributed by atoms with Crippen LogP contribution in [0, 0.1) is 0 Å². The highest BCUT2D eigenvalue weighted by atomic mass is 16.6. The molecule has 0 aromatic carbocycles. The summed E-state index contributed by atoms with van der Waals surface area (Å²) in [5.74, 6) is -2.06. The van der Waals surface area contributed by atoms with Crippen LogP contribution in [0.2, 0.25) is 0 Å². The van der Waals surface area contributed by atoms with Crippen LogP contribution in [-0.4, -0.2) is 99.9 Å². The lowest BCUT2D eigenvalue weighted by Crippen LogP contribution is -2.31. The number of unbranched alkanes of at least 4 members (excludes halogenated alkanes) is 10. The molecule has 0 aromatic rings. The van der Waals surface area contributed by atoms with Gasteiger partial charge in [0.2, 0.25) is 6.41 Å². The fraction of sp³-hybridized carbons (Fsp3) is 0.800. The minimum atomic E-state index is -0.955. The van der Waals surface area contributed by atoms with E-state index in [1.54, 1.807) is 0 Å². The number of carbonyl (C=O) groups excluding carboxylic acids is 7. The summed E-state index contributed by atoms with van der Waals surface area (Å²) in [7, 11) is 0. The van der Waals surface area contributed by atoms with Crippen molar-refractivity contribution in [1.82, 2.24) is 4.90 Å². The Morgan fingerprint density at radius 3 is 1.22 bits per heavy atom. The van der Waals surface area contributed by atoms with Crippen LogP contribution in [0.25, 0.3) is 0 Å². The molecule has 1 amide bonds. The Kier molecular flexibility index (Phi) is 30.3. The Balaban J connectivity index is 4.42. The number of rotatable bonds is 35. The summed E-state index contributed by atoms with van der Waals surface area (Å²) in [6.07, 6.45) is 11.9. The van der Waals surface area contributed by atoms with Crippen molar-refractivity contribution in [2.45, 2.75) is 142 Å². The second kappa shape index (κ2) is 32.8. The number of amides is 1. The second-order valence-corrected chi connectivity index (χ2v) is 11.8. The third kappa shape index (κ3) is 29.0. The predicted octanol–water partition coefficient (Wildman–Crippen LogP) is 4.76. The SMILES string of the molecule is CCCCCCCCC(=O)OCC(COC=O)OC(=O)CCCN(C=O)CCCC(=O)OC(COC=O)COC(=O)CCCCCCCC. The van der Waals surface area contributed by atoms with E-state index in [-0.39, 0.29) is 91.0 Å². The summed E-state index contributed by atoms with van der Waals surface area (Å²) in [6.45, 7) is 4.10. The normalized spacial score (nSPS) is 11.8. The second-order valence-electron chi connectivity index (χ2n) is 11.8. The lowest BCUT2D eigenvalue weighted by atomic mass is 10.1. The monoisotopic (exact) mass is 701 g/mol. The molecule has 0 aliphatic rings. The van der Waals surface area contributed by atoms with Crippen molar-refractivity contribution < 1.29 is 62.0 Å². The first kappa shape index (κ1) is 45.3. The smallest absolute Gasteiger partial charge is 0.306 e. The number of carbonyl (C=O) groups is 7. The van der Waals surface area contributed by atoms with Gasteiger partial charge in [-0.1, -0.05) is 78.1 Å². The molecule has 0 heterocycles. The van der Waals surface area contributed by atoms with Crippen LogP contribution in [0.15, 0.2) is 0 Å². The first-order chi connectivity index (χ1) is 23.8. The molecule has 0 saturated carbocycles. The number of nitrogens with zero attached hydrogens (tertiary/aromatic N) is 1. The van der Waals surface area contributed by atoms with Crippen molar-refractivity contribution in [1.29, 1.82) is 0 Å². The van der Waals surface area contributed by atoms with Crippen molar-refractivity contribution in [3.05, 3.63) is 0 Å². The van der Waals surface area contributed by atoms with Gasteiger partial charge < -0.3 is 33.3 Å². The van der Waals surface area contributed by atoms with Crippen LogP contribution in [-0.2, 0) is 62.0 Å². The zero-order valence-electron chi connectivity index (χ0n) is 29.6. The third-order valence-corrected chi connectivity index (χ3v) is 7.43. The zero-order valence-corrected chi connectivity index (χ0v) is 29.6. The number of esters is 4. The van der Waals surface area contributed by atoms with Gasteiger partial charge >= 0.3 is 23.9 Å². The van der Waals surface area contributed by atoms with E-state index in [1.165, 1.54) is 17.7 Å². The van der Waals surface area contributed by atoms with E-state index >= 15 is 0 Å². The van der Waals surface area contributed by atoms with Crippen LogP contribution < -0.4 is 0 Å². The largest absolute Gasteiger partial charge is 0.464 e. The maximum Gasteiger partial charge on any atom is 0.306 e. The van der Waals surface area contributed by atoms with E-state index in [9.17, 15) is 33.6 Å². The first-order valence-corrected chi connectivity index (χ1v) is 17.8. The van der Waals surface area contributed by atoms with E-state index < -0.39 is 36.1 Å². The van der Waals surface area contributed by atoms with Crippen molar-refractivity contribution in [2.75, 3.05) is 39.5 Å². The molecule has 2 atom stereocenters. The zero-order chi connectivity index (χ0) is 36.4. The van der Waals surface area contributed by atoms with Gasteiger partial charge in [0.25, 0.3) is 12.9 Å². The Morgan fingerprint density at radius 2 is 0.857 bits per heavy atom. The summed E-state index contributed by atoms with van der Waals surface area (Å²) in [4.78, 5) is 83.0. The van der Waals surface area contributed by atoms with E-state index in [2.05, 4.69) is 13.8 Å². The van der Waals surface area contributed by atoms with E-state index in [0.717, 1.165) is 51.4 Å². The van der Waals surface area contributed by atoms with Gasteiger partial charge in [-0.15, -0.1) is 0 Å². The van der Waals surface area contributed by atoms with Crippen LogP contribution in [0.5, 0.6) is 0 Å². The molecular weight excluding hydrogens is 642 g/mol. The number of hydrogen-bond acceptors (Lipinski definition) is 13. The highest BCUT2D eigenvalue weighted by Crippen LogP contribution is 2.10. The molecule has 0 aromatic heterocycles. The van der Waals surface area contributed by atoms with E-state index in [4.69, 9.17) is 28.4 Å². The average Bonchev–Trinajstić information content (AvgIpc) is 3.09. The molecule has 0 aliphatic heterocycles. The minimum absolute atomic E-state index is 0.0499. The van der Waals surface area contributed by atoms with Gasteiger partial charge in [-0.25, -0.2) is 0 Å². The molecule has 49 heavy (non-hydrogen) atoms. The fourth-order valence-corrected chi connectivity index (χ4v) is 4.70. The highest BCUT2D eigenvalue weighted by Gasteiger charge is 2.20. The average molecular weight is 702 g/mol. The molecule has 0 spiro atoms. The van der Waals surface area contributed by atoms with Crippen molar-refractivity contribution in [2.24, 2.45) is 0 Å². The van der Waals surface area contributed by atoms with E-state index in [1.807, 2.05) is 0 Å². The minimum Gasteiger partial charge on any atom is -0.464 e. The molecule has 0 aliphatic carbocycles. The van der Waals surface area contributed by atoms with Gasteiger partial charge in [-0.2, -0.15) is 0 Å². The standard InChI is InChI=1S/C35H59NO13/c1-3-5-7-9-11-13-17-32(40)46-25-30(23-44-28-38)48-34(42)19-15-21-36(27-37)22-16-20-35(43)49-31(24-45-29-39)26-47-33(41)18-14-12-10-8-6-4-2/h27-31H,3-26H2,1-2H3. The van der Waals surface area contributed by atoms with Gasteiger partial charge in [0.05, 0.1) is 0 Å². The van der Waals surface area contributed by atoms with Gasteiger partial charge in [0.15, 0.2) is 12.2 Å². The maximum absolute atomic E-state index is 12.4. The van der Waals surface area contributed by atoms with Gasteiger partial charge in [-0.3, -0.25) is 33.6 Å². The number of hydrogen-bond donors (Lipinski definition) is 0. The maximum atomic E-state index is 12.4. The van der Waals surface area contributed by atoms with Crippen LogP contribution in [0.1, 0.15) is 129 Å². The molecule has 0 N–H and O–H groups in total. The molecular formula is C35H59NO13. The van der Waals surface area contributed by atoms with Crippen molar-refractivity contribution >= 4 is 43.2 Å². The third-order valence-electron chi connectivity index (χ3n) is 7.43. The summed E-state index contributed by atoms with van der Waals surface area (Å²) in [5, 5.41) is 0. The van der Waals surface area contributed by atoms with E-state index in [0.29, 0.717) is 19.3 Å².